The third-order valence-electron chi connectivity index (χ3n) is 3.25. The number of nitrogens with two attached hydrogens (primary N) is 1. The first-order valence-corrected chi connectivity index (χ1v) is 9.37. The summed E-state index contributed by atoms with van der Waals surface area (Å²) >= 11 is 0. The Hall–Kier alpha value is -0.460. The molecule has 0 saturated heterocycles. The highest BCUT2D eigenvalue weighted by molar-refractivity contribution is 7.34. The molecule has 1 amide bonds. The van der Waals surface area contributed by atoms with Crippen LogP contribution in [0.4, 0.5) is 4.79 Å². The molecule has 0 rings (SSSR count). The lowest BCUT2D eigenvalue weighted by Crippen LogP contribution is -2.46. The lowest BCUT2D eigenvalue weighted by Gasteiger charge is -2.34. The van der Waals surface area contributed by atoms with Crippen LogP contribution in [0.15, 0.2) is 0 Å². The van der Waals surface area contributed by atoms with Crippen molar-refractivity contribution >= 4 is 14.9 Å². The van der Waals surface area contributed by atoms with E-state index < -0.39 is 17.2 Å². The maximum atomic E-state index is 12.1. The normalized spacial score (nSPS) is 15.5. The Balaban J connectivity index is 4.61. The highest BCUT2D eigenvalue weighted by Crippen LogP contribution is 2.36. The standard InChI is InChI=1S/C17H37N2O5P/c1-14(2,3)11-12(15(4,5)6)21-22-13(20)19-16(7,8)24-25-17(9,10)23-18/h12,25H,11,18H2,1-10H3,(H,19,20). The molecule has 25 heavy (non-hydrogen) atoms. The van der Waals surface area contributed by atoms with Crippen molar-refractivity contribution in [3.8, 4) is 0 Å². The van der Waals surface area contributed by atoms with Gasteiger partial charge in [-0.2, -0.15) is 4.89 Å². The monoisotopic (exact) mass is 380 g/mol. The second-order valence-corrected chi connectivity index (χ2v) is 11.2. The number of carbonyl (C=O) groups excluding carboxylic acids is 1. The molecule has 0 heterocycles. The molecule has 0 bridgehead atoms. The van der Waals surface area contributed by atoms with Crippen LogP contribution in [0.3, 0.4) is 0 Å². The topological polar surface area (TPSA) is 92.0 Å². The van der Waals surface area contributed by atoms with Gasteiger partial charge in [-0.1, -0.05) is 41.5 Å². The summed E-state index contributed by atoms with van der Waals surface area (Å²) in [6.45, 7) is 19.5. The molecule has 2 unspecified atom stereocenters. The fraction of sp³-hybridized carbons (Fsp3) is 0.941. The minimum Gasteiger partial charge on any atom is -0.334 e. The summed E-state index contributed by atoms with van der Waals surface area (Å²) in [5.41, 5.74) is -1.06. The quantitative estimate of drug-likeness (QED) is 0.279. The van der Waals surface area contributed by atoms with Crippen LogP contribution in [0.2, 0.25) is 0 Å². The highest BCUT2D eigenvalue weighted by atomic mass is 31.1. The van der Waals surface area contributed by atoms with Crippen LogP contribution in [0.5, 0.6) is 0 Å². The van der Waals surface area contributed by atoms with Gasteiger partial charge in [-0.05, 0) is 44.9 Å². The molecule has 0 radical (unpaired) electrons. The molecule has 2 atom stereocenters. The Kier molecular flexibility index (Phi) is 8.79. The zero-order valence-corrected chi connectivity index (χ0v) is 18.4. The smallest absolute Gasteiger partial charge is 0.334 e. The van der Waals surface area contributed by atoms with Crippen molar-refractivity contribution in [3.63, 3.8) is 0 Å². The molecule has 0 spiro atoms. The summed E-state index contributed by atoms with van der Waals surface area (Å²) in [6, 6.07) is 0. The van der Waals surface area contributed by atoms with Gasteiger partial charge in [0.05, 0.1) is 8.81 Å². The van der Waals surface area contributed by atoms with Gasteiger partial charge in [0.1, 0.15) is 17.2 Å². The maximum absolute atomic E-state index is 12.1. The van der Waals surface area contributed by atoms with E-state index >= 15 is 0 Å². The van der Waals surface area contributed by atoms with E-state index in [9.17, 15) is 4.79 Å². The van der Waals surface area contributed by atoms with Crippen LogP contribution in [0.25, 0.3) is 0 Å². The molecule has 0 aliphatic rings. The number of amides is 1. The van der Waals surface area contributed by atoms with Crippen molar-refractivity contribution in [2.24, 2.45) is 16.7 Å². The lowest BCUT2D eigenvalue weighted by atomic mass is 9.79. The molecule has 0 aromatic rings. The zero-order valence-electron chi connectivity index (χ0n) is 17.4. The average molecular weight is 380 g/mol. The largest absolute Gasteiger partial charge is 0.440 e. The molecule has 150 valence electrons. The minimum atomic E-state index is -0.948. The van der Waals surface area contributed by atoms with E-state index in [2.05, 4.69) is 26.1 Å². The summed E-state index contributed by atoms with van der Waals surface area (Å²) in [5, 5.41) is 1.99. The molecular weight excluding hydrogens is 343 g/mol. The van der Waals surface area contributed by atoms with Crippen LogP contribution >= 0.6 is 8.81 Å². The Morgan fingerprint density at radius 2 is 1.56 bits per heavy atom. The molecule has 0 fully saturated rings. The number of carbonyl (C=O) groups is 1. The number of hydrogen-bond donors (Lipinski definition) is 2. The highest BCUT2D eigenvalue weighted by Gasteiger charge is 2.33. The fourth-order valence-corrected chi connectivity index (χ4v) is 2.31. The van der Waals surface area contributed by atoms with E-state index in [1.54, 1.807) is 27.7 Å². The van der Waals surface area contributed by atoms with E-state index in [1.165, 1.54) is 0 Å². The van der Waals surface area contributed by atoms with Gasteiger partial charge in [0.25, 0.3) is 0 Å². The van der Waals surface area contributed by atoms with Crippen LogP contribution in [-0.4, -0.2) is 23.3 Å². The van der Waals surface area contributed by atoms with E-state index in [-0.39, 0.29) is 25.7 Å². The van der Waals surface area contributed by atoms with E-state index in [4.69, 9.17) is 25.0 Å². The summed E-state index contributed by atoms with van der Waals surface area (Å²) in [5.74, 6) is 5.20. The molecule has 0 aromatic carbocycles. The Morgan fingerprint density at radius 1 is 1.04 bits per heavy atom. The maximum Gasteiger partial charge on any atom is 0.440 e. The summed E-state index contributed by atoms with van der Waals surface area (Å²) in [6.07, 6.45) is -0.175. The fourth-order valence-electron chi connectivity index (χ4n) is 1.71. The lowest BCUT2D eigenvalue weighted by molar-refractivity contribution is -0.300. The number of rotatable bonds is 8. The van der Waals surface area contributed by atoms with Gasteiger partial charge in [-0.25, -0.2) is 10.7 Å². The number of nitrogens with one attached hydrogen (secondary N) is 1. The molecule has 0 saturated carbocycles. The van der Waals surface area contributed by atoms with Crippen LogP contribution in [-0.2, 0) is 19.1 Å². The van der Waals surface area contributed by atoms with Gasteiger partial charge in [0.15, 0.2) is 0 Å². The Bertz CT molecular complexity index is 428. The third-order valence-corrected chi connectivity index (χ3v) is 4.48. The van der Waals surface area contributed by atoms with E-state index in [0.29, 0.717) is 0 Å². The van der Waals surface area contributed by atoms with Crippen molar-refractivity contribution in [2.45, 2.75) is 92.8 Å². The summed E-state index contributed by atoms with van der Waals surface area (Å²) in [7, 11) is -0.0677. The van der Waals surface area contributed by atoms with Gasteiger partial charge in [-0.15, -0.1) is 0 Å². The van der Waals surface area contributed by atoms with Crippen molar-refractivity contribution in [1.29, 1.82) is 0 Å². The minimum absolute atomic E-state index is 0.0507. The summed E-state index contributed by atoms with van der Waals surface area (Å²) < 4.78 is 5.67. The molecule has 3 N–H and O–H groups in total. The summed E-state index contributed by atoms with van der Waals surface area (Å²) in [4.78, 5) is 27.3. The van der Waals surface area contributed by atoms with Gasteiger partial charge >= 0.3 is 6.09 Å². The van der Waals surface area contributed by atoms with Crippen molar-refractivity contribution in [3.05, 3.63) is 0 Å². The Morgan fingerprint density at radius 3 is 1.96 bits per heavy atom. The predicted octanol–water partition coefficient (Wildman–Crippen LogP) is 4.47. The first-order valence-electron chi connectivity index (χ1n) is 8.46. The van der Waals surface area contributed by atoms with Crippen molar-refractivity contribution < 1.29 is 23.9 Å². The van der Waals surface area contributed by atoms with E-state index in [0.717, 1.165) is 6.42 Å². The average Bonchev–Trinajstić information content (AvgIpc) is 2.39. The Labute approximate surface area is 154 Å². The van der Waals surface area contributed by atoms with Gasteiger partial charge in [-0.3, -0.25) is 15.0 Å². The molecule has 0 aliphatic heterocycles. The SMILES string of the molecule is CC(C)(C)CC(OOC(=O)NC(C)(C)OPC(C)(C)ON)C(C)(C)C. The van der Waals surface area contributed by atoms with Crippen LogP contribution in [0, 0.1) is 10.8 Å². The van der Waals surface area contributed by atoms with Crippen molar-refractivity contribution in [2.75, 3.05) is 0 Å². The molecular formula is C17H37N2O5P. The molecule has 0 aromatic heterocycles. The molecule has 8 heteroatoms. The van der Waals surface area contributed by atoms with Gasteiger partial charge in [0.2, 0.25) is 0 Å². The van der Waals surface area contributed by atoms with E-state index in [1.807, 2.05) is 20.8 Å². The molecule has 7 nitrogen and oxygen atoms in total. The van der Waals surface area contributed by atoms with Gasteiger partial charge < -0.3 is 4.52 Å². The second-order valence-electron chi connectivity index (χ2n) is 9.55. The predicted molar refractivity (Wildman–Crippen MR) is 101 cm³/mol. The first-order chi connectivity index (χ1) is 11.0. The molecule has 0 aliphatic carbocycles. The van der Waals surface area contributed by atoms with Crippen molar-refractivity contribution in [1.82, 2.24) is 5.32 Å². The van der Waals surface area contributed by atoms with Crippen LogP contribution < -0.4 is 11.2 Å². The zero-order chi connectivity index (χ0) is 20.1. The third kappa shape index (κ3) is 11.7. The second kappa shape index (κ2) is 8.96. The number of hydrogen-bond acceptors (Lipinski definition) is 6. The van der Waals surface area contributed by atoms with Gasteiger partial charge in [0, 0.05) is 0 Å². The first kappa shape index (κ1) is 24.5. The van der Waals surface area contributed by atoms with Crippen LogP contribution in [0.1, 0.15) is 75.7 Å².